The number of halogens is 7. The lowest BCUT2D eigenvalue weighted by Gasteiger charge is -2.13. The molecule has 1 aromatic carbocycles. The third kappa shape index (κ3) is 4.80. The minimum atomic E-state index is -4.97. The van der Waals surface area contributed by atoms with E-state index >= 15 is 0 Å². The van der Waals surface area contributed by atoms with Crippen LogP contribution in [-0.4, -0.2) is 26.1 Å². The minimum absolute atomic E-state index is 0.0156. The van der Waals surface area contributed by atoms with Crippen LogP contribution >= 0.6 is 15.9 Å². The van der Waals surface area contributed by atoms with Gasteiger partial charge in [0.05, 0.1) is 15.6 Å². The van der Waals surface area contributed by atoms with Crippen molar-refractivity contribution in [1.82, 2.24) is 14.8 Å². The molecule has 0 amide bonds. The van der Waals surface area contributed by atoms with E-state index in [4.69, 9.17) is 10.8 Å². The monoisotopic (exact) mass is 430 g/mol. The van der Waals surface area contributed by atoms with Crippen LogP contribution in [0.5, 0.6) is 0 Å². The van der Waals surface area contributed by atoms with Crippen LogP contribution in [0.25, 0.3) is 17.6 Å². The highest BCUT2D eigenvalue weighted by molar-refractivity contribution is 9.11. The van der Waals surface area contributed by atoms with E-state index in [9.17, 15) is 26.3 Å². The van der Waals surface area contributed by atoms with Crippen molar-refractivity contribution in [3.63, 3.8) is 0 Å². The smallest absolute Gasteiger partial charge is 0.374 e. The fourth-order valence-corrected chi connectivity index (χ4v) is 1.97. The number of aliphatic hydroxyl groups excluding tert-OH is 1. The molecule has 3 N–H and O–H groups in total. The first-order valence-electron chi connectivity index (χ1n) is 6.40. The summed E-state index contributed by atoms with van der Waals surface area (Å²) in [6, 6.07) is 1.05. The maximum atomic E-state index is 12.8. The zero-order valence-corrected chi connectivity index (χ0v) is 13.6. The predicted molar refractivity (Wildman–Crippen MR) is 78.9 cm³/mol. The Labute approximate surface area is 144 Å². The first kappa shape index (κ1) is 19.4. The molecule has 2 aromatic rings. The number of aromatic nitrogens is 3. The average molecular weight is 431 g/mol. The number of hydrogen-bond acceptors (Lipinski definition) is 4. The van der Waals surface area contributed by atoms with Gasteiger partial charge in [-0.25, -0.2) is 9.67 Å². The van der Waals surface area contributed by atoms with Crippen LogP contribution in [0.15, 0.2) is 29.0 Å². The molecule has 0 bridgehead atoms. The Balaban J connectivity index is 2.52. The van der Waals surface area contributed by atoms with Crippen molar-refractivity contribution in [1.29, 1.82) is 0 Å². The molecule has 0 saturated heterocycles. The zero-order chi connectivity index (χ0) is 19.0. The van der Waals surface area contributed by atoms with Crippen molar-refractivity contribution in [2.24, 2.45) is 5.73 Å². The number of rotatable bonds is 3. The molecule has 12 heteroatoms. The number of nitrogens with zero attached hydrogens (tertiary/aromatic N) is 3. The van der Waals surface area contributed by atoms with E-state index in [2.05, 4.69) is 26.0 Å². The van der Waals surface area contributed by atoms with Crippen LogP contribution < -0.4 is 5.73 Å². The molecule has 0 spiro atoms. The maximum absolute atomic E-state index is 12.8. The summed E-state index contributed by atoms with van der Waals surface area (Å²) in [5.41, 5.74) is 1.77. The van der Waals surface area contributed by atoms with Gasteiger partial charge in [-0.15, -0.1) is 5.10 Å². The fourth-order valence-electron chi connectivity index (χ4n) is 1.76. The highest BCUT2D eigenvalue weighted by Crippen LogP contribution is 2.38. The van der Waals surface area contributed by atoms with E-state index < -0.39 is 35.3 Å². The Morgan fingerprint density at radius 3 is 2.08 bits per heavy atom. The van der Waals surface area contributed by atoms with Crippen LogP contribution in [0, 0.1) is 0 Å². The Morgan fingerprint density at radius 2 is 1.64 bits per heavy atom. The summed E-state index contributed by atoms with van der Waals surface area (Å²) in [5, 5.41) is 12.9. The summed E-state index contributed by atoms with van der Waals surface area (Å²) in [6.45, 7) is 0. The van der Waals surface area contributed by atoms with E-state index in [-0.39, 0.29) is 16.4 Å². The Bertz CT molecular complexity index is 764. The Hall–Kier alpha value is -1.92. The van der Waals surface area contributed by atoms with E-state index in [1.54, 1.807) is 0 Å². The first-order valence-corrected chi connectivity index (χ1v) is 7.19. The highest BCUT2D eigenvalue weighted by Gasteiger charge is 2.37. The third-order valence-electron chi connectivity index (χ3n) is 2.89. The number of alkyl halides is 6. The van der Waals surface area contributed by atoms with E-state index in [0.717, 1.165) is 17.2 Å². The van der Waals surface area contributed by atoms with Crippen LogP contribution in [0.2, 0.25) is 0 Å². The van der Waals surface area contributed by atoms with Gasteiger partial charge in [0.15, 0.2) is 5.82 Å². The second-order valence-electron chi connectivity index (χ2n) is 4.80. The second-order valence-corrected chi connectivity index (χ2v) is 5.72. The van der Waals surface area contributed by atoms with Gasteiger partial charge in [0.2, 0.25) is 0 Å². The lowest BCUT2D eigenvalue weighted by molar-refractivity contribution is -0.143. The van der Waals surface area contributed by atoms with Crippen LogP contribution in [-0.2, 0) is 12.4 Å². The van der Waals surface area contributed by atoms with Crippen molar-refractivity contribution in [3.8, 4) is 11.4 Å². The Morgan fingerprint density at radius 1 is 1.12 bits per heavy atom. The number of benzene rings is 1. The van der Waals surface area contributed by atoms with Gasteiger partial charge in [-0.05, 0) is 34.1 Å². The van der Waals surface area contributed by atoms with Gasteiger partial charge < -0.3 is 10.8 Å². The summed E-state index contributed by atoms with van der Waals surface area (Å²) >= 11 is 2.92. The SMILES string of the molecule is NC(O)/C(Br)=C/n1cnc(-c2cc(C(F)(F)F)cc(C(F)(F)F)c2)n1. The lowest BCUT2D eigenvalue weighted by Crippen LogP contribution is -2.18. The van der Waals surface area contributed by atoms with Crippen LogP contribution in [0.1, 0.15) is 11.1 Å². The quantitative estimate of drug-likeness (QED) is 0.577. The normalized spacial score (nSPS) is 14.7. The molecule has 0 aliphatic carbocycles. The molecule has 136 valence electrons. The van der Waals surface area contributed by atoms with Crippen LogP contribution in [0.3, 0.4) is 0 Å². The van der Waals surface area contributed by atoms with E-state index in [0.29, 0.717) is 12.1 Å². The molecular formula is C13H9BrF6N4O. The molecule has 0 saturated carbocycles. The van der Waals surface area contributed by atoms with Gasteiger partial charge in [0.25, 0.3) is 0 Å². The Kier molecular flexibility index (Phi) is 5.25. The molecule has 0 radical (unpaired) electrons. The molecule has 25 heavy (non-hydrogen) atoms. The number of aliphatic hydroxyl groups is 1. The second kappa shape index (κ2) is 6.77. The molecule has 1 aromatic heterocycles. The number of hydrogen-bond donors (Lipinski definition) is 2. The number of nitrogens with two attached hydrogens (primary N) is 1. The topological polar surface area (TPSA) is 77.0 Å². The molecule has 0 aliphatic heterocycles. The van der Waals surface area contributed by atoms with Gasteiger partial charge >= 0.3 is 12.4 Å². The molecule has 1 unspecified atom stereocenters. The van der Waals surface area contributed by atoms with E-state index in [1.165, 1.54) is 0 Å². The summed E-state index contributed by atoms with van der Waals surface area (Å²) in [4.78, 5) is 3.67. The largest absolute Gasteiger partial charge is 0.416 e. The van der Waals surface area contributed by atoms with Crippen LogP contribution in [0.4, 0.5) is 26.3 Å². The molecule has 0 aliphatic rings. The summed E-state index contributed by atoms with van der Waals surface area (Å²) in [7, 11) is 0. The standard InChI is InChI=1S/C13H9BrF6N4O/c14-9(10(21)25)4-24-5-22-11(23-24)6-1-7(12(15,16)17)3-8(2-6)13(18,19)20/h1-5,10,25H,21H2/b9-4-. The van der Waals surface area contributed by atoms with Gasteiger partial charge in [-0.2, -0.15) is 26.3 Å². The highest BCUT2D eigenvalue weighted by atomic mass is 79.9. The minimum Gasteiger partial charge on any atom is -0.374 e. The lowest BCUT2D eigenvalue weighted by atomic mass is 10.0. The first-order chi connectivity index (χ1) is 11.4. The van der Waals surface area contributed by atoms with Crippen molar-refractivity contribution in [2.75, 3.05) is 0 Å². The van der Waals surface area contributed by atoms with Gasteiger partial charge in [0, 0.05) is 11.8 Å². The maximum Gasteiger partial charge on any atom is 0.416 e. The van der Waals surface area contributed by atoms with Gasteiger partial charge in [0.1, 0.15) is 12.6 Å². The molecular weight excluding hydrogens is 422 g/mol. The molecule has 1 heterocycles. The van der Waals surface area contributed by atoms with E-state index in [1.807, 2.05) is 0 Å². The van der Waals surface area contributed by atoms with Gasteiger partial charge in [-0.1, -0.05) is 0 Å². The zero-order valence-electron chi connectivity index (χ0n) is 12.0. The fraction of sp³-hybridized carbons (Fsp3) is 0.231. The van der Waals surface area contributed by atoms with Crippen molar-refractivity contribution < 1.29 is 31.4 Å². The molecule has 1 atom stereocenters. The van der Waals surface area contributed by atoms with Crippen molar-refractivity contribution in [3.05, 3.63) is 40.1 Å². The third-order valence-corrected chi connectivity index (χ3v) is 3.57. The summed E-state index contributed by atoms with van der Waals surface area (Å²) in [6.07, 6.45) is -9.12. The average Bonchev–Trinajstić information content (AvgIpc) is 2.93. The van der Waals surface area contributed by atoms with Gasteiger partial charge in [-0.3, -0.25) is 0 Å². The molecule has 0 fully saturated rings. The summed E-state index contributed by atoms with van der Waals surface area (Å²) in [5.74, 6) is -0.361. The molecule has 2 rings (SSSR count). The summed E-state index contributed by atoms with van der Waals surface area (Å²) < 4.78 is 78.1. The van der Waals surface area contributed by atoms with Crippen molar-refractivity contribution in [2.45, 2.75) is 18.6 Å². The molecule has 5 nitrogen and oxygen atoms in total. The predicted octanol–water partition coefficient (Wildman–Crippen LogP) is 3.45. The van der Waals surface area contributed by atoms with Crippen molar-refractivity contribution >= 4 is 22.1 Å².